The van der Waals surface area contributed by atoms with Gasteiger partial charge in [-0.3, -0.25) is 0 Å². The van der Waals surface area contributed by atoms with Crippen molar-refractivity contribution < 1.29 is 12.4 Å². The van der Waals surface area contributed by atoms with E-state index in [0.29, 0.717) is 0 Å². The van der Waals surface area contributed by atoms with Crippen LogP contribution in [0.5, 0.6) is 0 Å². The largest absolute Gasteiger partial charge is 2.00 e. The number of rotatable bonds is 4. The van der Waals surface area contributed by atoms with Crippen LogP contribution in [0, 0.1) is 6.92 Å². The fourth-order valence-corrected chi connectivity index (χ4v) is 0.763. The van der Waals surface area contributed by atoms with E-state index >= 15 is 0 Å². The van der Waals surface area contributed by atoms with E-state index in [1.54, 1.807) is 0 Å². The molecule has 0 atom stereocenters. The summed E-state index contributed by atoms with van der Waals surface area (Å²) in [6, 6.07) is 0. The van der Waals surface area contributed by atoms with Crippen LogP contribution in [0.1, 0.15) is 20.3 Å². The summed E-state index contributed by atoms with van der Waals surface area (Å²) < 4.78 is 0. The van der Waals surface area contributed by atoms with Gasteiger partial charge in [0.2, 0.25) is 0 Å². The maximum absolute atomic E-state index is 3.78. The van der Waals surface area contributed by atoms with Crippen LogP contribution >= 0.6 is 0 Å². The summed E-state index contributed by atoms with van der Waals surface area (Å²) in [6.45, 7) is 11.6. The zero-order chi connectivity index (χ0) is 6.41. The molecule has 0 fully saturated rings. The Morgan fingerprint density at radius 2 is 1.60 bits per heavy atom. The third-order valence-corrected chi connectivity index (χ3v) is 1.37. The van der Waals surface area contributed by atoms with E-state index in [-0.39, 0.29) is 35.5 Å². The minimum absolute atomic E-state index is 0. The van der Waals surface area contributed by atoms with E-state index in [0.717, 1.165) is 26.1 Å². The van der Waals surface area contributed by atoms with Gasteiger partial charge in [-0.1, -0.05) is 13.8 Å². The Bertz CT molecular complexity index is 48.9. The van der Waals surface area contributed by atoms with Gasteiger partial charge in [-0.2, -0.15) is 6.42 Å². The van der Waals surface area contributed by atoms with Crippen molar-refractivity contribution >= 4 is 23.1 Å². The second-order valence-corrected chi connectivity index (χ2v) is 1.88. The smallest absolute Gasteiger partial charge is 1.00 e. The predicted molar refractivity (Wildman–Crippen MR) is 43.5 cm³/mol. The monoisotopic (exact) mass is 173 g/mol. The van der Waals surface area contributed by atoms with Crippen molar-refractivity contribution in [3.8, 4) is 0 Å². The molecule has 1 nitrogen and oxygen atoms in total. The molecule has 0 N–H and O–H groups in total. The van der Waals surface area contributed by atoms with Crippen LogP contribution in [0.3, 0.4) is 0 Å². The molecular weight excluding hydrogens is 158 g/mol. The zero-order valence-corrected chi connectivity index (χ0v) is 9.24. The fraction of sp³-hybridized carbons (Fsp3) is 0.857. The molecule has 0 saturated heterocycles. The predicted octanol–water partition coefficient (Wildman–Crippen LogP) is -1.82. The summed E-state index contributed by atoms with van der Waals surface area (Å²) in [5, 5.41) is 0. The van der Waals surface area contributed by atoms with Gasteiger partial charge in [-0.05, 0) is 19.6 Å². The summed E-state index contributed by atoms with van der Waals surface area (Å²) in [7, 11) is 0. The molecule has 0 aromatic heterocycles. The van der Waals surface area contributed by atoms with Crippen LogP contribution in [0.4, 0.5) is 0 Å². The molecule has 0 amide bonds. The number of halogens is 1. The Morgan fingerprint density at radius 1 is 1.20 bits per heavy atom. The van der Waals surface area contributed by atoms with E-state index in [9.17, 15) is 0 Å². The summed E-state index contributed by atoms with van der Waals surface area (Å²) in [5.41, 5.74) is 0. The van der Waals surface area contributed by atoms with E-state index in [1.807, 2.05) is 0 Å². The molecule has 0 aliphatic heterocycles. The molecule has 0 aromatic rings. The Balaban J connectivity index is -0.000000245. The Kier molecular flexibility index (Phi) is 21.8. The van der Waals surface area contributed by atoms with Gasteiger partial charge in [-0.25, -0.2) is 0 Å². The van der Waals surface area contributed by atoms with Gasteiger partial charge in [0.25, 0.3) is 0 Å². The topological polar surface area (TPSA) is 3.24 Å². The number of nitrogens with zero attached hydrogens (tertiary/aromatic N) is 1. The van der Waals surface area contributed by atoms with E-state index in [1.165, 1.54) is 0 Å². The van der Waals surface area contributed by atoms with Gasteiger partial charge in [-0.15, -0.1) is 0 Å². The quantitative estimate of drug-likeness (QED) is 0.358. The first-order valence-corrected chi connectivity index (χ1v) is 3.36. The van der Waals surface area contributed by atoms with E-state index in [4.69, 9.17) is 0 Å². The van der Waals surface area contributed by atoms with Crippen LogP contribution < -0.4 is 12.4 Å². The number of hydrogen-bond acceptors (Lipinski definition) is 1. The van der Waals surface area contributed by atoms with E-state index in [2.05, 4.69) is 25.7 Å². The van der Waals surface area contributed by atoms with Crippen molar-refractivity contribution in [3.63, 3.8) is 0 Å². The molecular formula is C7H16ClMgN. The second kappa shape index (κ2) is 12.7. The fourth-order valence-electron chi connectivity index (χ4n) is 0.763. The Morgan fingerprint density at radius 3 is 1.70 bits per heavy atom. The SMILES string of the molecule is [CH2-]CCN(CC)CC.[Cl-].[Mg+2]. The van der Waals surface area contributed by atoms with Gasteiger partial charge in [0.1, 0.15) is 0 Å². The molecule has 0 radical (unpaired) electrons. The third-order valence-electron chi connectivity index (χ3n) is 1.37. The van der Waals surface area contributed by atoms with Gasteiger partial charge in [0, 0.05) is 0 Å². The van der Waals surface area contributed by atoms with Gasteiger partial charge in [0.15, 0.2) is 0 Å². The van der Waals surface area contributed by atoms with Crippen LogP contribution in [0.25, 0.3) is 0 Å². The van der Waals surface area contributed by atoms with Crippen LogP contribution in [-0.4, -0.2) is 47.6 Å². The normalized spacial score (nSPS) is 8.40. The number of hydrogen-bond donors (Lipinski definition) is 0. The molecule has 0 aliphatic rings. The molecule has 0 spiro atoms. The van der Waals surface area contributed by atoms with Gasteiger partial charge < -0.3 is 24.2 Å². The van der Waals surface area contributed by atoms with Crippen LogP contribution in [0.15, 0.2) is 0 Å². The van der Waals surface area contributed by atoms with Crippen molar-refractivity contribution in [2.45, 2.75) is 20.3 Å². The van der Waals surface area contributed by atoms with E-state index < -0.39 is 0 Å². The molecule has 58 valence electrons. The molecule has 0 aromatic carbocycles. The van der Waals surface area contributed by atoms with Crippen molar-refractivity contribution in [3.05, 3.63) is 6.92 Å². The average Bonchev–Trinajstić information content (AvgIpc) is 1.83. The first-order chi connectivity index (χ1) is 3.85. The molecule has 0 rings (SSSR count). The van der Waals surface area contributed by atoms with Crippen LogP contribution in [-0.2, 0) is 0 Å². The Hall–Kier alpha value is 1.02. The third kappa shape index (κ3) is 9.02. The minimum atomic E-state index is 0. The van der Waals surface area contributed by atoms with Crippen molar-refractivity contribution in [2.24, 2.45) is 0 Å². The molecule has 0 aliphatic carbocycles. The Labute approximate surface area is 87.1 Å². The maximum Gasteiger partial charge on any atom is 2.00 e. The maximum atomic E-state index is 3.78. The standard InChI is InChI=1S/C7H16N.ClH.Mg/c1-4-7-8(5-2)6-3;;/h1,4-7H2,2-3H3;1H;/q-1;;+2/p-1. The molecule has 0 unspecified atom stereocenters. The first-order valence-electron chi connectivity index (χ1n) is 3.36. The van der Waals surface area contributed by atoms with Gasteiger partial charge in [0.05, 0.1) is 0 Å². The molecule has 10 heavy (non-hydrogen) atoms. The molecule has 0 heterocycles. The molecule has 0 saturated carbocycles. The summed E-state index contributed by atoms with van der Waals surface area (Å²) in [6.07, 6.45) is 1.03. The van der Waals surface area contributed by atoms with Crippen LogP contribution in [0.2, 0.25) is 0 Å². The minimum Gasteiger partial charge on any atom is -1.00 e. The van der Waals surface area contributed by atoms with Crippen molar-refractivity contribution in [1.82, 2.24) is 4.90 Å². The zero-order valence-electron chi connectivity index (χ0n) is 7.07. The first kappa shape index (κ1) is 17.2. The summed E-state index contributed by atoms with van der Waals surface area (Å²) >= 11 is 0. The van der Waals surface area contributed by atoms with Crippen molar-refractivity contribution in [1.29, 1.82) is 0 Å². The summed E-state index contributed by atoms with van der Waals surface area (Å²) in [4.78, 5) is 2.37. The molecule has 0 bridgehead atoms. The second-order valence-electron chi connectivity index (χ2n) is 1.88. The van der Waals surface area contributed by atoms with Crippen molar-refractivity contribution in [2.75, 3.05) is 19.6 Å². The average molecular weight is 174 g/mol. The van der Waals surface area contributed by atoms with Gasteiger partial charge >= 0.3 is 23.1 Å². The summed E-state index contributed by atoms with van der Waals surface area (Å²) in [5.74, 6) is 0. The molecule has 3 heteroatoms.